The zero-order valence-electron chi connectivity index (χ0n) is 17.6. The third-order valence-electron chi connectivity index (χ3n) is 6.77. The number of carboxylic acid groups (broad SMARTS) is 1. The van der Waals surface area contributed by atoms with Crippen molar-refractivity contribution in [2.75, 3.05) is 13.2 Å². The van der Waals surface area contributed by atoms with Crippen LogP contribution in [-0.2, 0) is 14.3 Å². The molecule has 3 aliphatic carbocycles. The molecule has 1 unspecified atom stereocenters. The SMILES string of the molecule is O=C(NC[C@H]1C[C@H]1C(=O)NC(C(=O)O)C1CC1)OCC1c2ccccc2-c2ccccc21. The van der Waals surface area contributed by atoms with Crippen LogP contribution in [0.3, 0.4) is 0 Å². The number of amides is 2. The standard InChI is InChI=1S/C25H26N2O5/c28-23(27-22(24(29)30)14-9-10-14)20-11-15(20)12-26-25(31)32-13-21-18-7-3-1-5-16(18)17-6-2-4-8-19(17)21/h1-8,14-15,20-22H,9-13H2,(H,26,31)(H,27,28)(H,29,30)/t15-,20-,22?/m1/s1. The van der Waals surface area contributed by atoms with E-state index in [1.54, 1.807) is 0 Å². The van der Waals surface area contributed by atoms with Gasteiger partial charge in [0.2, 0.25) is 5.91 Å². The average Bonchev–Trinajstić information content (AvgIpc) is 3.72. The minimum absolute atomic E-state index is 0.00276. The Bertz CT molecular complexity index is 1020. The Morgan fingerprint density at radius 2 is 1.62 bits per heavy atom. The molecule has 3 N–H and O–H groups in total. The van der Waals surface area contributed by atoms with Gasteiger partial charge < -0.3 is 20.5 Å². The minimum Gasteiger partial charge on any atom is -0.480 e. The molecular formula is C25H26N2O5. The number of rotatable bonds is 8. The van der Waals surface area contributed by atoms with Crippen molar-refractivity contribution in [3.8, 4) is 11.1 Å². The number of carbonyl (C=O) groups excluding carboxylic acids is 2. The van der Waals surface area contributed by atoms with Gasteiger partial charge in [0.1, 0.15) is 12.6 Å². The molecule has 2 aromatic carbocycles. The highest BCUT2D eigenvalue weighted by molar-refractivity contribution is 5.87. The Morgan fingerprint density at radius 1 is 1.00 bits per heavy atom. The normalized spacial score (nSPS) is 21.8. The van der Waals surface area contributed by atoms with Crippen molar-refractivity contribution >= 4 is 18.0 Å². The Kier molecular flexibility index (Phi) is 5.33. The van der Waals surface area contributed by atoms with Gasteiger partial charge in [-0.3, -0.25) is 4.79 Å². The van der Waals surface area contributed by atoms with E-state index >= 15 is 0 Å². The maximum Gasteiger partial charge on any atom is 0.407 e. The lowest BCUT2D eigenvalue weighted by Crippen LogP contribution is -2.43. The molecule has 0 radical (unpaired) electrons. The van der Waals surface area contributed by atoms with Crippen LogP contribution >= 0.6 is 0 Å². The smallest absolute Gasteiger partial charge is 0.407 e. The van der Waals surface area contributed by atoms with Gasteiger partial charge in [0.15, 0.2) is 0 Å². The molecule has 3 atom stereocenters. The molecule has 0 aromatic heterocycles. The van der Waals surface area contributed by atoms with Crippen LogP contribution in [0.4, 0.5) is 4.79 Å². The van der Waals surface area contributed by atoms with Crippen LogP contribution < -0.4 is 10.6 Å². The number of benzene rings is 2. The molecule has 7 heteroatoms. The summed E-state index contributed by atoms with van der Waals surface area (Å²) in [6.07, 6.45) is 1.83. The van der Waals surface area contributed by atoms with Crippen molar-refractivity contribution in [2.45, 2.75) is 31.2 Å². The fourth-order valence-corrected chi connectivity index (χ4v) is 4.73. The van der Waals surface area contributed by atoms with E-state index in [0.29, 0.717) is 13.0 Å². The number of aliphatic carboxylic acids is 1. The molecule has 0 aliphatic heterocycles. The first-order chi connectivity index (χ1) is 15.5. The van der Waals surface area contributed by atoms with Gasteiger partial charge >= 0.3 is 12.1 Å². The molecule has 0 bridgehead atoms. The van der Waals surface area contributed by atoms with Gasteiger partial charge in [0.25, 0.3) is 0 Å². The lowest BCUT2D eigenvalue weighted by atomic mass is 9.98. The van der Waals surface area contributed by atoms with E-state index in [0.717, 1.165) is 24.0 Å². The molecule has 166 valence electrons. The van der Waals surface area contributed by atoms with Crippen molar-refractivity contribution in [3.05, 3.63) is 59.7 Å². The largest absolute Gasteiger partial charge is 0.480 e. The second kappa shape index (κ2) is 8.30. The highest BCUT2D eigenvalue weighted by atomic mass is 16.5. The summed E-state index contributed by atoms with van der Waals surface area (Å²) in [5.74, 6) is -1.39. The van der Waals surface area contributed by atoms with Gasteiger partial charge in [0, 0.05) is 18.4 Å². The minimum atomic E-state index is -0.977. The summed E-state index contributed by atoms with van der Waals surface area (Å²) in [7, 11) is 0. The van der Waals surface area contributed by atoms with Gasteiger partial charge in [-0.2, -0.15) is 0 Å². The second-order valence-corrected chi connectivity index (χ2v) is 8.97. The molecule has 5 rings (SSSR count). The van der Waals surface area contributed by atoms with E-state index in [9.17, 15) is 19.5 Å². The summed E-state index contributed by atoms with van der Waals surface area (Å²) < 4.78 is 5.52. The number of fused-ring (bicyclic) bond motifs is 3. The topological polar surface area (TPSA) is 105 Å². The number of carbonyl (C=O) groups is 3. The Morgan fingerprint density at radius 3 is 2.22 bits per heavy atom. The molecule has 7 nitrogen and oxygen atoms in total. The van der Waals surface area contributed by atoms with Crippen LogP contribution in [-0.4, -0.2) is 42.3 Å². The Balaban J connectivity index is 1.10. The van der Waals surface area contributed by atoms with E-state index < -0.39 is 18.1 Å². The molecule has 2 saturated carbocycles. The quantitative estimate of drug-likeness (QED) is 0.592. The van der Waals surface area contributed by atoms with Crippen LogP contribution in [0.2, 0.25) is 0 Å². The maximum atomic E-state index is 12.3. The van der Waals surface area contributed by atoms with Crippen molar-refractivity contribution in [1.29, 1.82) is 0 Å². The number of ether oxygens (including phenoxy) is 1. The van der Waals surface area contributed by atoms with E-state index in [1.165, 1.54) is 11.1 Å². The zero-order valence-corrected chi connectivity index (χ0v) is 17.6. The van der Waals surface area contributed by atoms with E-state index in [-0.39, 0.29) is 36.2 Å². The van der Waals surface area contributed by atoms with Crippen molar-refractivity contribution in [2.24, 2.45) is 17.8 Å². The van der Waals surface area contributed by atoms with Crippen LogP contribution in [0.15, 0.2) is 48.5 Å². The number of hydrogen-bond donors (Lipinski definition) is 3. The van der Waals surface area contributed by atoms with Crippen LogP contribution in [0.25, 0.3) is 11.1 Å². The summed E-state index contributed by atoms with van der Waals surface area (Å²) in [6, 6.07) is 15.5. The van der Waals surface area contributed by atoms with Crippen molar-refractivity contribution in [3.63, 3.8) is 0 Å². The number of alkyl carbamates (subject to hydrolysis) is 1. The first-order valence-electron chi connectivity index (χ1n) is 11.1. The van der Waals surface area contributed by atoms with Gasteiger partial charge in [0.05, 0.1) is 0 Å². The number of carboxylic acids is 1. The zero-order chi connectivity index (χ0) is 22.2. The van der Waals surface area contributed by atoms with Gasteiger partial charge in [-0.25, -0.2) is 9.59 Å². The maximum absolute atomic E-state index is 12.3. The summed E-state index contributed by atoms with van der Waals surface area (Å²) in [5, 5.41) is 14.7. The molecule has 2 amide bonds. The summed E-state index contributed by atoms with van der Waals surface area (Å²) in [6.45, 7) is 0.589. The van der Waals surface area contributed by atoms with Crippen molar-refractivity contribution in [1.82, 2.24) is 10.6 Å². The second-order valence-electron chi connectivity index (χ2n) is 8.97. The molecule has 0 spiro atoms. The van der Waals surface area contributed by atoms with E-state index in [4.69, 9.17) is 4.74 Å². The van der Waals surface area contributed by atoms with E-state index in [2.05, 4.69) is 34.9 Å². The van der Waals surface area contributed by atoms with Crippen LogP contribution in [0.5, 0.6) is 0 Å². The lowest BCUT2D eigenvalue weighted by molar-refractivity contribution is -0.142. The molecule has 2 aromatic rings. The first-order valence-corrected chi connectivity index (χ1v) is 11.1. The monoisotopic (exact) mass is 434 g/mol. The lowest BCUT2D eigenvalue weighted by Gasteiger charge is -2.15. The third-order valence-corrected chi connectivity index (χ3v) is 6.77. The molecular weight excluding hydrogens is 408 g/mol. The van der Waals surface area contributed by atoms with Gasteiger partial charge in [-0.15, -0.1) is 0 Å². The third kappa shape index (κ3) is 4.07. The van der Waals surface area contributed by atoms with Crippen LogP contribution in [0.1, 0.15) is 36.3 Å². The summed E-state index contributed by atoms with van der Waals surface area (Å²) in [4.78, 5) is 35.9. The van der Waals surface area contributed by atoms with Gasteiger partial charge in [-0.1, -0.05) is 48.5 Å². The molecule has 32 heavy (non-hydrogen) atoms. The number of hydrogen-bond acceptors (Lipinski definition) is 4. The highest BCUT2D eigenvalue weighted by Crippen LogP contribution is 2.44. The summed E-state index contributed by atoms with van der Waals surface area (Å²) in [5.41, 5.74) is 4.66. The van der Waals surface area contributed by atoms with Gasteiger partial charge in [-0.05, 0) is 53.4 Å². The average molecular weight is 434 g/mol. The Hall–Kier alpha value is -3.35. The van der Waals surface area contributed by atoms with Crippen LogP contribution in [0, 0.1) is 17.8 Å². The van der Waals surface area contributed by atoms with E-state index in [1.807, 2.05) is 24.3 Å². The molecule has 2 fully saturated rings. The summed E-state index contributed by atoms with van der Waals surface area (Å²) >= 11 is 0. The van der Waals surface area contributed by atoms with Crippen molar-refractivity contribution < 1.29 is 24.2 Å². The first kappa shape index (κ1) is 20.5. The predicted octanol–water partition coefficient (Wildman–Crippen LogP) is 3.14. The fourth-order valence-electron chi connectivity index (χ4n) is 4.73. The number of nitrogens with one attached hydrogen (secondary N) is 2. The predicted molar refractivity (Wildman–Crippen MR) is 117 cm³/mol. The highest BCUT2D eigenvalue weighted by Gasteiger charge is 2.46. The molecule has 0 saturated heterocycles. The molecule has 0 heterocycles. The Labute approximate surface area is 186 Å². The molecule has 3 aliphatic rings. The fraction of sp³-hybridized carbons (Fsp3) is 0.400.